The number of carbonyl (C=O) groups is 3. The molecule has 3 amide bonds. The molecule has 0 fully saturated rings. The van der Waals surface area contributed by atoms with E-state index in [2.05, 4.69) is 22.8 Å². The van der Waals surface area contributed by atoms with Crippen molar-refractivity contribution in [1.82, 2.24) is 10.6 Å². The smallest absolute Gasteiger partial charge is 0.349 e. The van der Waals surface area contributed by atoms with Crippen LogP contribution in [-0.4, -0.2) is 30.6 Å². The molecule has 1 aromatic carbocycles. The third-order valence-corrected chi connectivity index (χ3v) is 5.35. The summed E-state index contributed by atoms with van der Waals surface area (Å²) in [5.74, 6) is -1.21. The van der Waals surface area contributed by atoms with Crippen LogP contribution in [-0.2, 0) is 22.4 Å². The molecule has 3 rings (SSSR count). The van der Waals surface area contributed by atoms with Gasteiger partial charge in [0.05, 0.1) is 0 Å². The van der Waals surface area contributed by atoms with Crippen LogP contribution in [0.4, 0.5) is 4.79 Å². The number of aryl methyl sites for hydroxylation is 2. The van der Waals surface area contributed by atoms with Crippen molar-refractivity contribution < 1.29 is 19.1 Å². The van der Waals surface area contributed by atoms with Gasteiger partial charge in [0.2, 0.25) is 0 Å². The molecule has 1 aliphatic carbocycles. The predicted molar refractivity (Wildman–Crippen MR) is 99.3 cm³/mol. The van der Waals surface area contributed by atoms with Crippen molar-refractivity contribution in [1.29, 1.82) is 0 Å². The summed E-state index contributed by atoms with van der Waals surface area (Å²) in [6.07, 6.45) is 0.764. The lowest BCUT2D eigenvalue weighted by Crippen LogP contribution is -2.44. The first-order valence-corrected chi connectivity index (χ1v) is 9.32. The minimum Gasteiger partial charge on any atom is -0.448 e. The van der Waals surface area contributed by atoms with Crippen molar-refractivity contribution in [3.8, 4) is 10.4 Å². The van der Waals surface area contributed by atoms with Crippen molar-refractivity contribution in [2.24, 2.45) is 0 Å². The van der Waals surface area contributed by atoms with Crippen molar-refractivity contribution in [2.45, 2.75) is 32.8 Å². The van der Waals surface area contributed by atoms with E-state index < -0.39 is 24.0 Å². The molecular weight excluding hydrogens is 352 g/mol. The summed E-state index contributed by atoms with van der Waals surface area (Å²) in [6.45, 7) is 3.58. The standard InChI is InChI=1S/C19H20N2O4S/c1-3-20-19(24)21-17(22)11(2)25-18(23)15-10-13-9-8-12-6-4-5-7-14(12)16(13)26-15/h4-7,10-11H,3,8-9H2,1-2H3,(H2,20,21,22,24). The van der Waals surface area contributed by atoms with Gasteiger partial charge >= 0.3 is 12.0 Å². The Balaban J connectivity index is 1.69. The molecule has 0 radical (unpaired) electrons. The highest BCUT2D eigenvalue weighted by Gasteiger charge is 2.25. The van der Waals surface area contributed by atoms with Gasteiger partial charge in [-0.2, -0.15) is 0 Å². The number of rotatable bonds is 4. The Hall–Kier alpha value is -2.67. The lowest BCUT2D eigenvalue weighted by molar-refractivity contribution is -0.127. The largest absolute Gasteiger partial charge is 0.448 e. The molecule has 2 aromatic rings. The van der Waals surface area contributed by atoms with Crippen LogP contribution in [0, 0.1) is 0 Å². The minimum absolute atomic E-state index is 0.398. The van der Waals surface area contributed by atoms with Crippen LogP contribution in [0.2, 0.25) is 0 Å². The third-order valence-electron chi connectivity index (χ3n) is 4.16. The maximum atomic E-state index is 12.4. The van der Waals surface area contributed by atoms with E-state index in [-0.39, 0.29) is 0 Å². The van der Waals surface area contributed by atoms with Gasteiger partial charge in [0.1, 0.15) is 4.88 Å². The van der Waals surface area contributed by atoms with Crippen molar-refractivity contribution in [3.05, 3.63) is 46.3 Å². The van der Waals surface area contributed by atoms with Crippen LogP contribution >= 0.6 is 11.3 Å². The molecule has 1 heterocycles. The van der Waals surface area contributed by atoms with Gasteiger partial charge in [0.25, 0.3) is 5.91 Å². The second kappa shape index (κ2) is 7.70. The first-order valence-electron chi connectivity index (χ1n) is 8.50. The second-order valence-corrected chi connectivity index (χ2v) is 7.07. The van der Waals surface area contributed by atoms with Crippen LogP contribution < -0.4 is 10.6 Å². The molecule has 0 saturated heterocycles. The molecular formula is C19H20N2O4S. The van der Waals surface area contributed by atoms with E-state index in [4.69, 9.17) is 4.74 Å². The number of ether oxygens (including phenoxy) is 1. The molecule has 0 spiro atoms. The Kier molecular flexibility index (Phi) is 5.37. The van der Waals surface area contributed by atoms with Gasteiger partial charge in [0, 0.05) is 11.4 Å². The molecule has 0 saturated carbocycles. The quantitative estimate of drug-likeness (QED) is 0.808. The fourth-order valence-corrected chi connectivity index (χ4v) is 4.02. The van der Waals surface area contributed by atoms with E-state index in [0.717, 1.165) is 28.8 Å². The number of amides is 3. The molecule has 26 heavy (non-hydrogen) atoms. The highest BCUT2D eigenvalue weighted by Crippen LogP contribution is 2.39. The summed E-state index contributed by atoms with van der Waals surface area (Å²) in [5.41, 5.74) is 3.55. The lowest BCUT2D eigenvalue weighted by atomic mass is 9.91. The van der Waals surface area contributed by atoms with E-state index in [1.165, 1.54) is 23.8 Å². The van der Waals surface area contributed by atoms with Gasteiger partial charge in [-0.15, -0.1) is 11.3 Å². The van der Waals surface area contributed by atoms with Crippen LogP contribution in [0.5, 0.6) is 0 Å². The second-order valence-electron chi connectivity index (χ2n) is 6.02. The highest BCUT2D eigenvalue weighted by molar-refractivity contribution is 7.17. The van der Waals surface area contributed by atoms with Gasteiger partial charge < -0.3 is 10.1 Å². The number of hydrogen-bond donors (Lipinski definition) is 2. The van der Waals surface area contributed by atoms with Crippen LogP contribution in [0.15, 0.2) is 30.3 Å². The zero-order chi connectivity index (χ0) is 18.7. The van der Waals surface area contributed by atoms with E-state index in [0.29, 0.717) is 11.4 Å². The topological polar surface area (TPSA) is 84.5 Å². The van der Waals surface area contributed by atoms with Crippen molar-refractivity contribution >= 4 is 29.2 Å². The number of esters is 1. The monoisotopic (exact) mass is 372 g/mol. The zero-order valence-corrected chi connectivity index (χ0v) is 15.4. The molecule has 7 heteroatoms. The maximum absolute atomic E-state index is 12.4. The average Bonchev–Trinajstić information content (AvgIpc) is 3.06. The highest BCUT2D eigenvalue weighted by atomic mass is 32.1. The maximum Gasteiger partial charge on any atom is 0.349 e. The molecule has 0 bridgehead atoms. The average molecular weight is 372 g/mol. The Labute approximate surface area is 155 Å². The molecule has 1 aromatic heterocycles. The van der Waals surface area contributed by atoms with Gasteiger partial charge in [0.15, 0.2) is 6.10 Å². The SMILES string of the molecule is CCNC(=O)NC(=O)C(C)OC(=O)c1cc2c(s1)-c1ccccc1CC2. The summed E-state index contributed by atoms with van der Waals surface area (Å²) >= 11 is 1.38. The fraction of sp³-hybridized carbons (Fsp3) is 0.316. The number of thiophene rings is 1. The summed E-state index contributed by atoms with van der Waals surface area (Å²) in [5, 5.41) is 4.59. The van der Waals surface area contributed by atoms with Crippen molar-refractivity contribution in [2.75, 3.05) is 6.54 Å². The van der Waals surface area contributed by atoms with Gasteiger partial charge in [-0.1, -0.05) is 24.3 Å². The first-order chi connectivity index (χ1) is 12.5. The van der Waals surface area contributed by atoms with Gasteiger partial charge in [-0.05, 0) is 49.4 Å². The number of imide groups is 1. The van der Waals surface area contributed by atoms with Gasteiger partial charge in [-0.25, -0.2) is 9.59 Å². The molecule has 136 valence electrons. The number of fused-ring (bicyclic) bond motifs is 3. The summed E-state index contributed by atoms with van der Waals surface area (Å²) in [4.78, 5) is 37.2. The summed E-state index contributed by atoms with van der Waals surface area (Å²) in [7, 11) is 0. The normalized spacial score (nSPS) is 13.2. The Morgan fingerprint density at radius 2 is 1.92 bits per heavy atom. The number of carbonyl (C=O) groups excluding carboxylic acids is 3. The number of benzene rings is 1. The Morgan fingerprint density at radius 1 is 1.19 bits per heavy atom. The summed E-state index contributed by atoms with van der Waals surface area (Å²) < 4.78 is 5.22. The number of hydrogen-bond acceptors (Lipinski definition) is 5. The van der Waals surface area contributed by atoms with Crippen molar-refractivity contribution in [3.63, 3.8) is 0 Å². The Morgan fingerprint density at radius 3 is 2.69 bits per heavy atom. The number of nitrogens with one attached hydrogen (secondary N) is 2. The molecule has 1 atom stereocenters. The molecule has 6 nitrogen and oxygen atoms in total. The Bertz CT molecular complexity index is 859. The van der Waals surface area contributed by atoms with Crippen LogP contribution in [0.3, 0.4) is 0 Å². The zero-order valence-electron chi connectivity index (χ0n) is 14.6. The fourth-order valence-electron chi connectivity index (χ4n) is 2.86. The molecule has 1 aliphatic rings. The van der Waals surface area contributed by atoms with Gasteiger partial charge in [-0.3, -0.25) is 10.1 Å². The predicted octanol–water partition coefficient (Wildman–Crippen LogP) is 2.90. The van der Waals surface area contributed by atoms with E-state index in [9.17, 15) is 14.4 Å². The molecule has 2 N–H and O–H groups in total. The van der Waals surface area contributed by atoms with E-state index >= 15 is 0 Å². The minimum atomic E-state index is -1.06. The number of urea groups is 1. The molecule has 1 unspecified atom stereocenters. The van der Waals surface area contributed by atoms with Crippen LogP contribution in [0.25, 0.3) is 10.4 Å². The van der Waals surface area contributed by atoms with Crippen LogP contribution in [0.1, 0.15) is 34.6 Å². The lowest BCUT2D eigenvalue weighted by Gasteiger charge is -2.15. The first kappa shape index (κ1) is 18.1. The summed E-state index contributed by atoms with van der Waals surface area (Å²) in [6, 6.07) is 9.39. The van der Waals surface area contributed by atoms with E-state index in [1.807, 2.05) is 18.2 Å². The molecule has 0 aliphatic heterocycles. The third kappa shape index (κ3) is 3.77. The van der Waals surface area contributed by atoms with E-state index in [1.54, 1.807) is 6.92 Å².